The lowest BCUT2D eigenvalue weighted by atomic mass is 9.94. The molecule has 0 saturated heterocycles. The second-order valence-corrected chi connectivity index (χ2v) is 4.81. The maximum absolute atomic E-state index is 11.6. The van der Waals surface area contributed by atoms with Gasteiger partial charge in [0.25, 0.3) is 5.91 Å². The zero-order chi connectivity index (χ0) is 12.3. The highest BCUT2D eigenvalue weighted by Gasteiger charge is 2.28. The first kappa shape index (κ1) is 12.6. The number of aliphatic carboxylic acids is 1. The summed E-state index contributed by atoms with van der Waals surface area (Å²) in [5, 5.41) is 15.1. The number of aromatic nitrogens is 2. The maximum atomic E-state index is 11.6. The minimum Gasteiger partial charge on any atom is -0.481 e. The topological polar surface area (TPSA) is 92.2 Å². The molecule has 0 bridgehead atoms. The van der Waals surface area contributed by atoms with Crippen LogP contribution in [-0.4, -0.2) is 33.1 Å². The van der Waals surface area contributed by atoms with Crippen LogP contribution in [0.5, 0.6) is 0 Å². The summed E-state index contributed by atoms with van der Waals surface area (Å²) in [6.45, 7) is 4.85. The molecule has 0 atom stereocenters. The monoisotopic (exact) mass is 243 g/mol. The molecular weight excluding hydrogens is 230 g/mol. The molecular formula is C9H13N3O3S. The molecule has 0 spiro atoms. The van der Waals surface area contributed by atoms with Crippen molar-refractivity contribution in [3.63, 3.8) is 0 Å². The Hall–Kier alpha value is -1.50. The molecule has 0 aliphatic carbocycles. The van der Waals surface area contributed by atoms with Crippen LogP contribution >= 0.6 is 11.5 Å². The molecule has 1 amide bonds. The van der Waals surface area contributed by atoms with Crippen molar-refractivity contribution in [3.05, 3.63) is 10.6 Å². The normalized spacial score (nSPS) is 11.2. The Kier molecular flexibility index (Phi) is 3.58. The molecule has 7 heteroatoms. The average molecular weight is 243 g/mol. The fourth-order valence-corrected chi connectivity index (χ4v) is 1.47. The standard InChI is InChI=1S/C9H13N3O3S/c1-5-6(16-12-11-5)7(13)10-4-9(2,3)8(14)15/h4H2,1-3H3,(H,10,13)(H,14,15). The van der Waals surface area contributed by atoms with Crippen LogP contribution in [0.15, 0.2) is 0 Å². The Bertz CT molecular complexity index is 414. The van der Waals surface area contributed by atoms with Gasteiger partial charge in [0.1, 0.15) is 4.88 Å². The van der Waals surface area contributed by atoms with Crippen LogP contribution in [-0.2, 0) is 4.79 Å². The van der Waals surface area contributed by atoms with Gasteiger partial charge in [-0.15, -0.1) is 5.10 Å². The van der Waals surface area contributed by atoms with Crippen molar-refractivity contribution < 1.29 is 14.7 Å². The molecule has 2 N–H and O–H groups in total. The molecule has 0 radical (unpaired) electrons. The van der Waals surface area contributed by atoms with Gasteiger partial charge in [-0.1, -0.05) is 4.49 Å². The number of hydrogen-bond donors (Lipinski definition) is 2. The molecule has 1 aromatic heterocycles. The molecule has 16 heavy (non-hydrogen) atoms. The zero-order valence-corrected chi connectivity index (χ0v) is 10.1. The molecule has 0 unspecified atom stereocenters. The van der Waals surface area contributed by atoms with E-state index in [9.17, 15) is 9.59 Å². The number of aryl methyl sites for hydroxylation is 1. The maximum Gasteiger partial charge on any atom is 0.310 e. The summed E-state index contributed by atoms with van der Waals surface area (Å²) in [5.41, 5.74) is -0.433. The fourth-order valence-electron chi connectivity index (χ4n) is 0.897. The summed E-state index contributed by atoms with van der Waals surface area (Å²) in [5.74, 6) is -1.28. The minimum absolute atomic E-state index is 0.0680. The quantitative estimate of drug-likeness (QED) is 0.811. The lowest BCUT2D eigenvalue weighted by Gasteiger charge is -2.18. The predicted molar refractivity (Wildman–Crippen MR) is 58.4 cm³/mol. The van der Waals surface area contributed by atoms with E-state index in [1.165, 1.54) is 0 Å². The number of carbonyl (C=O) groups is 2. The van der Waals surface area contributed by atoms with E-state index in [2.05, 4.69) is 14.9 Å². The van der Waals surface area contributed by atoms with Crippen LogP contribution in [0, 0.1) is 12.3 Å². The van der Waals surface area contributed by atoms with E-state index in [0.29, 0.717) is 10.6 Å². The molecule has 0 aliphatic rings. The highest BCUT2D eigenvalue weighted by molar-refractivity contribution is 7.07. The van der Waals surface area contributed by atoms with Crippen LogP contribution in [0.2, 0.25) is 0 Å². The van der Waals surface area contributed by atoms with Crippen molar-refractivity contribution in [1.29, 1.82) is 0 Å². The van der Waals surface area contributed by atoms with Crippen molar-refractivity contribution in [1.82, 2.24) is 14.9 Å². The summed E-state index contributed by atoms with van der Waals surface area (Å²) in [4.78, 5) is 22.9. The molecule has 1 rings (SSSR count). The number of nitrogens with zero attached hydrogens (tertiary/aromatic N) is 2. The second-order valence-electron chi connectivity index (χ2n) is 4.06. The van der Waals surface area contributed by atoms with E-state index in [-0.39, 0.29) is 12.5 Å². The molecule has 0 aromatic carbocycles. The molecule has 88 valence electrons. The van der Waals surface area contributed by atoms with Gasteiger partial charge >= 0.3 is 5.97 Å². The van der Waals surface area contributed by atoms with Crippen LogP contribution in [0.3, 0.4) is 0 Å². The number of carbonyl (C=O) groups excluding carboxylic acids is 1. The SMILES string of the molecule is Cc1nnsc1C(=O)NCC(C)(C)C(=O)O. The first-order valence-electron chi connectivity index (χ1n) is 4.65. The van der Waals surface area contributed by atoms with Gasteiger partial charge in [0, 0.05) is 6.54 Å². The molecule has 0 fully saturated rings. The molecule has 0 aliphatic heterocycles. The van der Waals surface area contributed by atoms with Gasteiger partial charge in [0.05, 0.1) is 11.1 Å². The smallest absolute Gasteiger partial charge is 0.310 e. The molecule has 6 nitrogen and oxygen atoms in total. The summed E-state index contributed by atoms with van der Waals surface area (Å²) in [6.07, 6.45) is 0. The molecule has 1 heterocycles. The zero-order valence-electron chi connectivity index (χ0n) is 9.27. The summed E-state index contributed by atoms with van der Waals surface area (Å²) in [6, 6.07) is 0. The number of hydrogen-bond acceptors (Lipinski definition) is 5. The Morgan fingerprint density at radius 2 is 2.12 bits per heavy atom. The van der Waals surface area contributed by atoms with E-state index in [1.54, 1.807) is 20.8 Å². The van der Waals surface area contributed by atoms with Crippen molar-refractivity contribution in [2.24, 2.45) is 5.41 Å². The fraction of sp³-hybridized carbons (Fsp3) is 0.556. The summed E-state index contributed by atoms with van der Waals surface area (Å²) < 4.78 is 3.64. The van der Waals surface area contributed by atoms with Crippen molar-refractivity contribution in [2.45, 2.75) is 20.8 Å². The summed E-state index contributed by atoms with van der Waals surface area (Å²) >= 11 is 0.996. The van der Waals surface area contributed by atoms with E-state index in [0.717, 1.165) is 11.5 Å². The van der Waals surface area contributed by atoms with Crippen LogP contribution in [0.1, 0.15) is 29.2 Å². The lowest BCUT2D eigenvalue weighted by molar-refractivity contribution is -0.146. The largest absolute Gasteiger partial charge is 0.481 e. The Labute approximate surface area is 96.8 Å². The van der Waals surface area contributed by atoms with Gasteiger partial charge in [-0.05, 0) is 32.3 Å². The third-order valence-electron chi connectivity index (χ3n) is 2.13. The first-order chi connectivity index (χ1) is 7.34. The van der Waals surface area contributed by atoms with E-state index in [4.69, 9.17) is 5.11 Å². The Balaban J connectivity index is 2.61. The Morgan fingerprint density at radius 1 is 1.50 bits per heavy atom. The van der Waals surface area contributed by atoms with Crippen LogP contribution in [0.25, 0.3) is 0 Å². The van der Waals surface area contributed by atoms with Crippen molar-refractivity contribution in [3.8, 4) is 0 Å². The van der Waals surface area contributed by atoms with Gasteiger partial charge < -0.3 is 10.4 Å². The van der Waals surface area contributed by atoms with Gasteiger partial charge in [0.2, 0.25) is 0 Å². The van der Waals surface area contributed by atoms with Gasteiger partial charge in [-0.25, -0.2) is 0 Å². The number of nitrogens with one attached hydrogen (secondary N) is 1. The highest BCUT2D eigenvalue weighted by atomic mass is 32.1. The minimum atomic E-state index is -0.984. The highest BCUT2D eigenvalue weighted by Crippen LogP contribution is 2.14. The van der Waals surface area contributed by atoms with Gasteiger partial charge in [-0.3, -0.25) is 9.59 Å². The molecule has 1 aromatic rings. The van der Waals surface area contributed by atoms with Gasteiger partial charge in [-0.2, -0.15) is 0 Å². The lowest BCUT2D eigenvalue weighted by Crippen LogP contribution is -2.38. The Morgan fingerprint density at radius 3 is 2.56 bits per heavy atom. The third-order valence-corrected chi connectivity index (χ3v) is 2.95. The number of carboxylic acids is 1. The van der Waals surface area contributed by atoms with Crippen LogP contribution in [0.4, 0.5) is 0 Å². The van der Waals surface area contributed by atoms with Crippen LogP contribution < -0.4 is 5.32 Å². The number of rotatable bonds is 4. The van der Waals surface area contributed by atoms with E-state index >= 15 is 0 Å². The predicted octanol–water partition coefficient (Wildman–Crippen LogP) is 0.687. The average Bonchev–Trinajstić information content (AvgIpc) is 2.61. The first-order valence-corrected chi connectivity index (χ1v) is 5.42. The third kappa shape index (κ3) is 2.75. The van der Waals surface area contributed by atoms with Crippen molar-refractivity contribution in [2.75, 3.05) is 6.54 Å². The van der Waals surface area contributed by atoms with Crippen molar-refractivity contribution >= 4 is 23.4 Å². The summed E-state index contributed by atoms with van der Waals surface area (Å²) in [7, 11) is 0. The molecule has 0 saturated carbocycles. The number of amides is 1. The second kappa shape index (κ2) is 4.56. The van der Waals surface area contributed by atoms with E-state index in [1.807, 2.05) is 0 Å². The van der Waals surface area contributed by atoms with E-state index < -0.39 is 11.4 Å². The van der Waals surface area contributed by atoms with Gasteiger partial charge in [0.15, 0.2) is 0 Å². The number of carboxylic acid groups (broad SMARTS) is 1.